The van der Waals surface area contributed by atoms with E-state index in [4.69, 9.17) is 11.2 Å². The number of carbonyl (C=O) groups is 1. The first-order valence-electron chi connectivity index (χ1n) is 6.60. The number of amides is 1. The molecule has 1 aliphatic rings. The summed E-state index contributed by atoms with van der Waals surface area (Å²) in [5.74, 6) is 2.71. The standard InChI is InChI=1S/C14H23NO2/c1-3-10-15(11-4-2)14(16)9-8-13-7-5-6-12-17-13/h1,13H,4-12H2,2H3. The van der Waals surface area contributed by atoms with Gasteiger partial charge in [0.15, 0.2) is 0 Å². The Bertz CT molecular complexity index is 264. The van der Waals surface area contributed by atoms with Crippen LogP contribution < -0.4 is 0 Å². The Labute approximate surface area is 105 Å². The van der Waals surface area contributed by atoms with Gasteiger partial charge in [0.1, 0.15) is 0 Å². The van der Waals surface area contributed by atoms with E-state index in [9.17, 15) is 4.79 Å². The molecule has 1 fully saturated rings. The van der Waals surface area contributed by atoms with Crippen molar-refractivity contribution in [3.05, 3.63) is 0 Å². The van der Waals surface area contributed by atoms with Crippen molar-refractivity contribution < 1.29 is 9.53 Å². The Hall–Kier alpha value is -1.01. The van der Waals surface area contributed by atoms with Crippen LogP contribution in [0, 0.1) is 12.3 Å². The highest BCUT2D eigenvalue weighted by Gasteiger charge is 2.17. The molecular formula is C14H23NO2. The SMILES string of the molecule is C#CCN(CCC)C(=O)CCC1CCCCO1. The first-order valence-corrected chi connectivity index (χ1v) is 6.60. The fourth-order valence-electron chi connectivity index (χ4n) is 2.15. The monoisotopic (exact) mass is 237 g/mol. The third kappa shape index (κ3) is 5.23. The number of carbonyl (C=O) groups excluding carboxylic acids is 1. The third-order valence-corrected chi connectivity index (χ3v) is 3.08. The van der Waals surface area contributed by atoms with Crippen LogP contribution in [0.5, 0.6) is 0 Å². The van der Waals surface area contributed by atoms with Gasteiger partial charge in [-0.25, -0.2) is 0 Å². The predicted octanol–water partition coefficient (Wildman–Crippen LogP) is 2.21. The van der Waals surface area contributed by atoms with Crippen molar-refractivity contribution in [1.82, 2.24) is 4.90 Å². The maximum Gasteiger partial charge on any atom is 0.223 e. The average Bonchev–Trinajstić information content (AvgIpc) is 2.37. The van der Waals surface area contributed by atoms with Crippen LogP contribution in [0.15, 0.2) is 0 Å². The van der Waals surface area contributed by atoms with Crippen LogP contribution in [0.25, 0.3) is 0 Å². The summed E-state index contributed by atoms with van der Waals surface area (Å²) < 4.78 is 5.62. The molecule has 17 heavy (non-hydrogen) atoms. The number of hydrogen-bond acceptors (Lipinski definition) is 2. The highest BCUT2D eigenvalue weighted by atomic mass is 16.5. The van der Waals surface area contributed by atoms with Crippen molar-refractivity contribution in [2.75, 3.05) is 19.7 Å². The summed E-state index contributed by atoms with van der Waals surface area (Å²) in [6.07, 6.45) is 11.4. The molecule has 0 bridgehead atoms. The van der Waals surface area contributed by atoms with E-state index in [1.807, 2.05) is 0 Å². The molecule has 0 radical (unpaired) electrons. The Morgan fingerprint density at radius 3 is 2.94 bits per heavy atom. The van der Waals surface area contributed by atoms with Crippen molar-refractivity contribution in [1.29, 1.82) is 0 Å². The van der Waals surface area contributed by atoms with Crippen LogP contribution in [-0.4, -0.2) is 36.6 Å². The Kier molecular flexibility index (Phi) is 6.73. The largest absolute Gasteiger partial charge is 0.378 e. The Balaban J connectivity index is 2.28. The number of nitrogens with zero attached hydrogens (tertiary/aromatic N) is 1. The van der Waals surface area contributed by atoms with Gasteiger partial charge in [0.05, 0.1) is 12.6 Å². The van der Waals surface area contributed by atoms with Gasteiger partial charge in [-0.2, -0.15) is 0 Å². The van der Waals surface area contributed by atoms with Gasteiger partial charge in [-0.15, -0.1) is 6.42 Å². The number of ether oxygens (including phenoxy) is 1. The molecule has 3 heteroatoms. The van der Waals surface area contributed by atoms with Crippen molar-refractivity contribution in [2.24, 2.45) is 0 Å². The summed E-state index contributed by atoms with van der Waals surface area (Å²) in [4.78, 5) is 13.7. The van der Waals surface area contributed by atoms with Gasteiger partial charge in [0, 0.05) is 19.6 Å². The molecule has 0 aromatic heterocycles. The normalized spacial score (nSPS) is 19.6. The lowest BCUT2D eigenvalue weighted by atomic mass is 10.0. The van der Waals surface area contributed by atoms with Gasteiger partial charge in [0.2, 0.25) is 5.91 Å². The molecule has 0 spiro atoms. The average molecular weight is 237 g/mol. The van der Waals surface area contributed by atoms with Crippen LogP contribution >= 0.6 is 0 Å². The van der Waals surface area contributed by atoms with E-state index in [1.165, 1.54) is 6.42 Å². The van der Waals surface area contributed by atoms with Gasteiger partial charge in [-0.1, -0.05) is 12.8 Å². The number of terminal acetylenes is 1. The fraction of sp³-hybridized carbons (Fsp3) is 0.786. The zero-order chi connectivity index (χ0) is 12.5. The second-order valence-corrected chi connectivity index (χ2v) is 4.55. The third-order valence-electron chi connectivity index (χ3n) is 3.08. The summed E-state index contributed by atoms with van der Waals surface area (Å²) in [5, 5.41) is 0. The zero-order valence-electron chi connectivity index (χ0n) is 10.8. The van der Waals surface area contributed by atoms with E-state index in [-0.39, 0.29) is 12.0 Å². The highest BCUT2D eigenvalue weighted by Crippen LogP contribution is 2.17. The zero-order valence-corrected chi connectivity index (χ0v) is 10.8. The highest BCUT2D eigenvalue weighted by molar-refractivity contribution is 5.76. The van der Waals surface area contributed by atoms with E-state index >= 15 is 0 Å². The smallest absolute Gasteiger partial charge is 0.223 e. The van der Waals surface area contributed by atoms with Gasteiger partial charge < -0.3 is 9.64 Å². The van der Waals surface area contributed by atoms with Crippen LogP contribution in [0.2, 0.25) is 0 Å². The van der Waals surface area contributed by atoms with Crippen molar-refractivity contribution in [3.8, 4) is 12.3 Å². The molecule has 1 rings (SSSR count). The molecule has 1 aliphatic heterocycles. The first kappa shape index (κ1) is 14.1. The van der Waals surface area contributed by atoms with Crippen molar-refractivity contribution in [3.63, 3.8) is 0 Å². The summed E-state index contributed by atoms with van der Waals surface area (Å²) in [6.45, 7) is 4.09. The summed E-state index contributed by atoms with van der Waals surface area (Å²) in [7, 11) is 0. The van der Waals surface area contributed by atoms with Gasteiger partial charge >= 0.3 is 0 Å². The van der Waals surface area contributed by atoms with E-state index in [1.54, 1.807) is 4.90 Å². The second kappa shape index (κ2) is 8.14. The molecule has 0 aliphatic carbocycles. The Morgan fingerprint density at radius 2 is 2.35 bits per heavy atom. The summed E-state index contributed by atoms with van der Waals surface area (Å²) in [6, 6.07) is 0. The number of hydrogen-bond donors (Lipinski definition) is 0. The maximum atomic E-state index is 11.9. The van der Waals surface area contributed by atoms with E-state index in [0.717, 1.165) is 38.8 Å². The molecule has 1 atom stereocenters. The molecule has 3 nitrogen and oxygen atoms in total. The second-order valence-electron chi connectivity index (χ2n) is 4.55. The van der Waals surface area contributed by atoms with Crippen LogP contribution in [0.3, 0.4) is 0 Å². The fourth-order valence-corrected chi connectivity index (χ4v) is 2.15. The molecule has 0 N–H and O–H groups in total. The molecular weight excluding hydrogens is 214 g/mol. The minimum atomic E-state index is 0.166. The minimum absolute atomic E-state index is 0.166. The summed E-state index contributed by atoms with van der Waals surface area (Å²) in [5.41, 5.74) is 0. The molecule has 96 valence electrons. The van der Waals surface area contributed by atoms with E-state index in [0.29, 0.717) is 13.0 Å². The van der Waals surface area contributed by atoms with Crippen molar-refractivity contribution in [2.45, 2.75) is 51.6 Å². The van der Waals surface area contributed by atoms with Crippen molar-refractivity contribution >= 4 is 5.91 Å². The number of rotatable bonds is 6. The molecule has 0 saturated carbocycles. The van der Waals surface area contributed by atoms with Gasteiger partial charge in [0.25, 0.3) is 0 Å². The maximum absolute atomic E-state index is 11.9. The molecule has 1 amide bonds. The predicted molar refractivity (Wildman–Crippen MR) is 68.5 cm³/mol. The quantitative estimate of drug-likeness (QED) is 0.663. The topological polar surface area (TPSA) is 29.5 Å². The lowest BCUT2D eigenvalue weighted by Gasteiger charge is -2.24. The van der Waals surface area contributed by atoms with Gasteiger partial charge in [-0.05, 0) is 32.1 Å². The molecule has 1 saturated heterocycles. The first-order chi connectivity index (χ1) is 8.27. The summed E-state index contributed by atoms with van der Waals surface area (Å²) >= 11 is 0. The minimum Gasteiger partial charge on any atom is -0.378 e. The van der Waals surface area contributed by atoms with Crippen LogP contribution in [0.1, 0.15) is 45.4 Å². The Morgan fingerprint density at radius 1 is 1.53 bits per heavy atom. The van der Waals surface area contributed by atoms with Crippen LogP contribution in [-0.2, 0) is 9.53 Å². The molecule has 1 heterocycles. The van der Waals surface area contributed by atoms with E-state index in [2.05, 4.69) is 12.8 Å². The lowest BCUT2D eigenvalue weighted by molar-refractivity contribution is -0.131. The van der Waals surface area contributed by atoms with Gasteiger partial charge in [-0.3, -0.25) is 4.79 Å². The van der Waals surface area contributed by atoms with Crippen LogP contribution in [0.4, 0.5) is 0 Å². The molecule has 0 aromatic rings. The van der Waals surface area contributed by atoms with E-state index < -0.39 is 0 Å². The molecule has 0 aromatic carbocycles. The molecule has 1 unspecified atom stereocenters. The lowest BCUT2D eigenvalue weighted by Crippen LogP contribution is -2.33.